The van der Waals surface area contributed by atoms with E-state index in [1.807, 2.05) is 16.7 Å². The molecule has 2 fully saturated rings. The summed E-state index contributed by atoms with van der Waals surface area (Å²) < 4.78 is 5.64. The van der Waals surface area contributed by atoms with Crippen molar-refractivity contribution in [2.45, 2.75) is 38.2 Å². The highest BCUT2D eigenvalue weighted by Crippen LogP contribution is 2.26. The second-order valence-electron chi connectivity index (χ2n) is 5.40. The van der Waals surface area contributed by atoms with Crippen molar-refractivity contribution < 1.29 is 9.53 Å². The SMILES string of the molecule is O=C(CC1CCSCC1)N1CCC(OCCCl)CC1. The van der Waals surface area contributed by atoms with Crippen molar-refractivity contribution >= 4 is 29.3 Å². The van der Waals surface area contributed by atoms with E-state index in [1.165, 1.54) is 24.3 Å². The molecule has 0 saturated carbocycles. The Hall–Kier alpha value is 0.0700. The van der Waals surface area contributed by atoms with Gasteiger partial charge in [-0.3, -0.25) is 4.79 Å². The predicted molar refractivity (Wildman–Crippen MR) is 80.9 cm³/mol. The van der Waals surface area contributed by atoms with Crippen LogP contribution in [0, 0.1) is 5.92 Å². The quantitative estimate of drug-likeness (QED) is 0.732. The summed E-state index contributed by atoms with van der Waals surface area (Å²) in [6.07, 6.45) is 5.41. The Morgan fingerprint density at radius 3 is 2.53 bits per heavy atom. The van der Waals surface area contributed by atoms with Crippen LogP contribution in [0.25, 0.3) is 0 Å². The molecule has 19 heavy (non-hydrogen) atoms. The second kappa shape index (κ2) is 8.38. The Kier molecular flexibility index (Phi) is 6.82. The molecule has 0 aromatic heterocycles. The molecule has 2 aliphatic rings. The molecule has 0 radical (unpaired) electrons. The van der Waals surface area contributed by atoms with E-state index in [4.69, 9.17) is 16.3 Å². The molecule has 0 aliphatic carbocycles. The summed E-state index contributed by atoms with van der Waals surface area (Å²) in [5, 5.41) is 0. The minimum Gasteiger partial charge on any atom is -0.377 e. The van der Waals surface area contributed by atoms with Crippen LogP contribution in [0.1, 0.15) is 32.1 Å². The van der Waals surface area contributed by atoms with Crippen molar-refractivity contribution in [1.82, 2.24) is 4.90 Å². The number of nitrogens with zero attached hydrogens (tertiary/aromatic N) is 1. The van der Waals surface area contributed by atoms with Gasteiger partial charge >= 0.3 is 0 Å². The van der Waals surface area contributed by atoms with Gasteiger partial charge in [-0.1, -0.05) is 0 Å². The van der Waals surface area contributed by atoms with E-state index in [0.717, 1.165) is 32.4 Å². The van der Waals surface area contributed by atoms with Gasteiger partial charge in [-0.15, -0.1) is 11.6 Å². The van der Waals surface area contributed by atoms with Crippen LogP contribution in [0.5, 0.6) is 0 Å². The maximum Gasteiger partial charge on any atom is 0.222 e. The summed E-state index contributed by atoms with van der Waals surface area (Å²) in [6, 6.07) is 0. The van der Waals surface area contributed by atoms with E-state index < -0.39 is 0 Å². The first-order valence-corrected chi connectivity index (χ1v) is 9.01. The first-order valence-electron chi connectivity index (χ1n) is 7.32. The van der Waals surface area contributed by atoms with Gasteiger partial charge < -0.3 is 9.64 Å². The van der Waals surface area contributed by atoms with Gasteiger partial charge in [0.25, 0.3) is 0 Å². The lowest BCUT2D eigenvalue weighted by atomic mass is 9.97. The van der Waals surface area contributed by atoms with Gasteiger partial charge in [-0.25, -0.2) is 0 Å². The zero-order valence-electron chi connectivity index (χ0n) is 11.5. The highest BCUT2D eigenvalue weighted by molar-refractivity contribution is 7.99. The van der Waals surface area contributed by atoms with Crippen molar-refractivity contribution in [2.75, 3.05) is 37.1 Å². The molecule has 2 saturated heterocycles. The number of carbonyl (C=O) groups is 1. The Balaban J connectivity index is 1.67. The van der Waals surface area contributed by atoms with Crippen LogP contribution in [0.3, 0.4) is 0 Å². The van der Waals surface area contributed by atoms with Gasteiger partial charge in [0.05, 0.1) is 12.7 Å². The number of rotatable bonds is 5. The van der Waals surface area contributed by atoms with Crippen LogP contribution < -0.4 is 0 Å². The van der Waals surface area contributed by atoms with Gasteiger partial charge in [-0.2, -0.15) is 11.8 Å². The second-order valence-corrected chi connectivity index (χ2v) is 7.00. The van der Waals surface area contributed by atoms with E-state index in [-0.39, 0.29) is 0 Å². The predicted octanol–water partition coefficient (Wildman–Crippen LogP) is 2.77. The number of thioether (sulfide) groups is 1. The Morgan fingerprint density at radius 2 is 1.89 bits per heavy atom. The summed E-state index contributed by atoms with van der Waals surface area (Å²) in [6.45, 7) is 2.33. The fourth-order valence-corrected chi connectivity index (χ4v) is 4.10. The zero-order chi connectivity index (χ0) is 13.5. The van der Waals surface area contributed by atoms with E-state index in [2.05, 4.69) is 0 Å². The molecule has 2 rings (SSSR count). The van der Waals surface area contributed by atoms with Crippen LogP contribution in [-0.4, -0.2) is 54.0 Å². The molecule has 2 aliphatic heterocycles. The molecule has 0 spiro atoms. The van der Waals surface area contributed by atoms with E-state index in [1.54, 1.807) is 0 Å². The molecule has 0 aromatic rings. The molecular formula is C14H24ClNO2S. The van der Waals surface area contributed by atoms with Crippen LogP contribution in [-0.2, 0) is 9.53 Å². The fraction of sp³-hybridized carbons (Fsp3) is 0.929. The van der Waals surface area contributed by atoms with Crippen LogP contribution >= 0.6 is 23.4 Å². The van der Waals surface area contributed by atoms with Crippen molar-refractivity contribution in [3.63, 3.8) is 0 Å². The lowest BCUT2D eigenvalue weighted by Gasteiger charge is -2.33. The topological polar surface area (TPSA) is 29.5 Å². The molecule has 1 amide bonds. The number of carbonyl (C=O) groups excluding carboxylic acids is 1. The Morgan fingerprint density at radius 1 is 1.21 bits per heavy atom. The lowest BCUT2D eigenvalue weighted by molar-refractivity contribution is -0.134. The molecular weight excluding hydrogens is 282 g/mol. The van der Waals surface area contributed by atoms with Crippen molar-refractivity contribution in [1.29, 1.82) is 0 Å². The standard InChI is InChI=1S/C14H24ClNO2S/c15-5-8-18-13-1-6-16(7-2-13)14(17)11-12-3-9-19-10-4-12/h12-13H,1-11H2. The summed E-state index contributed by atoms with van der Waals surface area (Å²) >= 11 is 7.63. The molecule has 0 N–H and O–H groups in total. The number of likely N-dealkylation sites (tertiary alicyclic amines) is 1. The molecule has 110 valence electrons. The van der Waals surface area contributed by atoms with Gasteiger partial charge in [0, 0.05) is 25.4 Å². The number of piperidine rings is 1. The average Bonchev–Trinajstić information content (AvgIpc) is 2.46. The minimum atomic E-state index is 0.300. The third-order valence-corrected chi connectivity index (χ3v) is 5.23. The molecule has 0 atom stereocenters. The van der Waals surface area contributed by atoms with Gasteiger partial charge in [0.1, 0.15) is 0 Å². The molecule has 2 heterocycles. The first kappa shape index (κ1) is 15.5. The van der Waals surface area contributed by atoms with Gasteiger partial charge in [0.15, 0.2) is 0 Å². The summed E-state index contributed by atoms with van der Waals surface area (Å²) in [5.74, 6) is 3.99. The number of halogens is 1. The van der Waals surface area contributed by atoms with Gasteiger partial charge in [0.2, 0.25) is 5.91 Å². The Labute approximate surface area is 125 Å². The van der Waals surface area contributed by atoms with Crippen LogP contribution in [0.4, 0.5) is 0 Å². The lowest BCUT2D eigenvalue weighted by Crippen LogP contribution is -2.41. The summed E-state index contributed by atoms with van der Waals surface area (Å²) in [7, 11) is 0. The number of ether oxygens (including phenoxy) is 1. The third-order valence-electron chi connectivity index (χ3n) is 4.03. The highest BCUT2D eigenvalue weighted by atomic mass is 35.5. The molecule has 0 unspecified atom stereocenters. The maximum atomic E-state index is 12.2. The minimum absolute atomic E-state index is 0.300. The maximum absolute atomic E-state index is 12.2. The average molecular weight is 306 g/mol. The largest absolute Gasteiger partial charge is 0.377 e. The number of amides is 1. The molecule has 3 nitrogen and oxygen atoms in total. The molecule has 0 aromatic carbocycles. The van der Waals surface area contributed by atoms with Crippen molar-refractivity contribution in [3.8, 4) is 0 Å². The van der Waals surface area contributed by atoms with E-state index in [9.17, 15) is 4.79 Å². The van der Waals surface area contributed by atoms with Crippen LogP contribution in [0.2, 0.25) is 0 Å². The van der Waals surface area contributed by atoms with Crippen molar-refractivity contribution in [3.05, 3.63) is 0 Å². The molecule has 5 heteroatoms. The monoisotopic (exact) mass is 305 g/mol. The summed E-state index contributed by atoms with van der Waals surface area (Å²) in [5.41, 5.74) is 0. The van der Waals surface area contributed by atoms with Crippen molar-refractivity contribution in [2.24, 2.45) is 5.92 Å². The van der Waals surface area contributed by atoms with Crippen LogP contribution in [0.15, 0.2) is 0 Å². The Bertz CT molecular complexity index is 277. The van der Waals surface area contributed by atoms with E-state index >= 15 is 0 Å². The zero-order valence-corrected chi connectivity index (χ0v) is 13.1. The summed E-state index contributed by atoms with van der Waals surface area (Å²) in [4.78, 5) is 14.3. The van der Waals surface area contributed by atoms with E-state index in [0.29, 0.717) is 30.4 Å². The smallest absolute Gasteiger partial charge is 0.222 e. The van der Waals surface area contributed by atoms with Gasteiger partial charge in [-0.05, 0) is 43.1 Å². The fourth-order valence-electron chi connectivity index (χ4n) is 2.81. The first-order chi connectivity index (χ1) is 9.29. The molecule has 0 bridgehead atoms. The number of hydrogen-bond donors (Lipinski definition) is 0. The third kappa shape index (κ3) is 5.16. The highest BCUT2D eigenvalue weighted by Gasteiger charge is 2.25. The normalized spacial score (nSPS) is 22.7. The number of hydrogen-bond acceptors (Lipinski definition) is 3. The number of alkyl halides is 1.